The third-order valence-electron chi connectivity index (χ3n) is 7.54. The zero-order valence-corrected chi connectivity index (χ0v) is 23.1. The third kappa shape index (κ3) is 7.11. The molecule has 0 aromatic heterocycles. The average molecular weight is 552 g/mol. The molecule has 0 spiro atoms. The average Bonchev–Trinajstić information content (AvgIpc) is 3.01. The first kappa shape index (κ1) is 27.9. The molecule has 4 aromatic rings. The highest BCUT2D eigenvalue weighted by molar-refractivity contribution is 6.07. The Hall–Kier alpha value is -4.65. The summed E-state index contributed by atoms with van der Waals surface area (Å²) in [4.78, 5) is 28.8. The lowest BCUT2D eigenvalue weighted by Gasteiger charge is -2.35. The second-order valence-corrected chi connectivity index (χ2v) is 10.3. The van der Waals surface area contributed by atoms with Crippen LogP contribution in [0.5, 0.6) is 5.75 Å². The van der Waals surface area contributed by atoms with E-state index in [2.05, 4.69) is 39.8 Å². The van der Waals surface area contributed by atoms with E-state index in [-0.39, 0.29) is 24.2 Å². The van der Waals surface area contributed by atoms with Gasteiger partial charge in [-0.3, -0.25) is 9.59 Å². The van der Waals surface area contributed by atoms with E-state index in [1.54, 1.807) is 42.5 Å². The fourth-order valence-corrected chi connectivity index (χ4v) is 5.31. The molecular formula is C34H34FN3O3. The van der Waals surface area contributed by atoms with Crippen LogP contribution in [0.1, 0.15) is 44.7 Å². The zero-order chi connectivity index (χ0) is 28.6. The molecule has 210 valence electrons. The van der Waals surface area contributed by atoms with E-state index < -0.39 is 0 Å². The predicted octanol–water partition coefficient (Wildman–Crippen LogP) is 6.48. The third-order valence-corrected chi connectivity index (χ3v) is 7.54. The van der Waals surface area contributed by atoms with Crippen LogP contribution in [0, 0.1) is 11.7 Å². The quantitative estimate of drug-likeness (QED) is 0.250. The lowest BCUT2D eigenvalue weighted by Crippen LogP contribution is -2.36. The van der Waals surface area contributed by atoms with Gasteiger partial charge in [-0.05, 0) is 78.8 Å². The van der Waals surface area contributed by atoms with Crippen LogP contribution in [-0.4, -0.2) is 32.0 Å². The summed E-state index contributed by atoms with van der Waals surface area (Å²) < 4.78 is 18.7. The van der Waals surface area contributed by atoms with Gasteiger partial charge in [-0.15, -0.1) is 0 Å². The van der Waals surface area contributed by atoms with Crippen LogP contribution in [-0.2, 0) is 13.0 Å². The predicted molar refractivity (Wildman–Crippen MR) is 160 cm³/mol. The molecule has 5 rings (SSSR count). The van der Waals surface area contributed by atoms with E-state index in [4.69, 9.17) is 4.74 Å². The number of piperidine rings is 1. The van der Waals surface area contributed by atoms with Crippen LogP contribution < -0.4 is 20.3 Å². The van der Waals surface area contributed by atoms with Crippen LogP contribution in [0.2, 0.25) is 0 Å². The smallest absolute Gasteiger partial charge is 0.259 e. The minimum atomic E-state index is -0.324. The summed E-state index contributed by atoms with van der Waals surface area (Å²) in [6.45, 7) is 1.93. The highest BCUT2D eigenvalue weighted by Crippen LogP contribution is 2.31. The highest BCUT2D eigenvalue weighted by Gasteiger charge is 2.24. The number of ether oxygens (including phenoxy) is 1. The van der Waals surface area contributed by atoms with E-state index in [0.717, 1.165) is 43.6 Å². The molecule has 4 aromatic carbocycles. The second kappa shape index (κ2) is 13.1. The van der Waals surface area contributed by atoms with Crippen LogP contribution in [0.15, 0.2) is 97.1 Å². The van der Waals surface area contributed by atoms with Crippen molar-refractivity contribution in [3.63, 3.8) is 0 Å². The van der Waals surface area contributed by atoms with Gasteiger partial charge in [-0.1, -0.05) is 54.6 Å². The van der Waals surface area contributed by atoms with Crippen molar-refractivity contribution < 1.29 is 18.7 Å². The van der Waals surface area contributed by atoms with Gasteiger partial charge >= 0.3 is 0 Å². The monoisotopic (exact) mass is 551 g/mol. The molecule has 1 fully saturated rings. The second-order valence-electron chi connectivity index (χ2n) is 10.3. The van der Waals surface area contributed by atoms with E-state index in [1.165, 1.54) is 24.8 Å². The molecule has 0 aliphatic carbocycles. The first-order valence-corrected chi connectivity index (χ1v) is 13.9. The van der Waals surface area contributed by atoms with Crippen LogP contribution in [0.3, 0.4) is 0 Å². The SMILES string of the molecule is COc1ccccc1C(=O)Nc1ccc(N2CCC(Cc3ccccc3)CC2)c(C(=O)NCc2ccc(F)cc2)c1. The van der Waals surface area contributed by atoms with Crippen molar-refractivity contribution in [3.05, 3.63) is 125 Å². The Kier molecular flexibility index (Phi) is 8.94. The van der Waals surface area contributed by atoms with Crippen molar-refractivity contribution in [2.24, 2.45) is 5.92 Å². The van der Waals surface area contributed by atoms with Gasteiger partial charge < -0.3 is 20.3 Å². The maximum absolute atomic E-state index is 13.5. The number of benzene rings is 4. The molecule has 0 bridgehead atoms. The van der Waals surface area contributed by atoms with E-state index in [1.807, 2.05) is 18.2 Å². The fraction of sp³-hybridized carbons (Fsp3) is 0.235. The summed E-state index contributed by atoms with van der Waals surface area (Å²) in [5, 5.41) is 5.88. The molecule has 2 N–H and O–H groups in total. The molecule has 41 heavy (non-hydrogen) atoms. The summed E-state index contributed by atoms with van der Waals surface area (Å²) in [6.07, 6.45) is 3.10. The molecule has 1 aliphatic heterocycles. The highest BCUT2D eigenvalue weighted by atomic mass is 19.1. The number of methoxy groups -OCH3 is 1. The Morgan fingerprint density at radius 3 is 2.27 bits per heavy atom. The van der Waals surface area contributed by atoms with Crippen molar-refractivity contribution in [1.82, 2.24) is 5.32 Å². The van der Waals surface area contributed by atoms with E-state index in [9.17, 15) is 14.0 Å². The molecule has 1 saturated heterocycles. The molecule has 0 atom stereocenters. The fourth-order valence-electron chi connectivity index (χ4n) is 5.31. The number of rotatable bonds is 9. The van der Waals surface area contributed by atoms with Crippen LogP contribution in [0.4, 0.5) is 15.8 Å². The first-order valence-electron chi connectivity index (χ1n) is 13.9. The van der Waals surface area contributed by atoms with Gasteiger partial charge in [-0.25, -0.2) is 4.39 Å². The lowest BCUT2D eigenvalue weighted by atomic mass is 9.89. The molecule has 7 heteroatoms. The molecule has 1 aliphatic rings. The summed E-state index contributed by atoms with van der Waals surface area (Å²) in [5.41, 5.74) is 4.37. The standard InChI is InChI=1S/C34H34FN3O3/c1-41-32-10-6-5-9-29(32)34(40)37-28-15-16-31(30(22-28)33(39)36-23-26-11-13-27(35)14-12-26)38-19-17-25(18-20-38)21-24-7-3-2-4-8-24/h2-16,22,25H,17-21,23H2,1H3,(H,36,39)(H,37,40). The molecule has 2 amide bonds. The minimum Gasteiger partial charge on any atom is -0.496 e. The Labute approximate surface area is 240 Å². The van der Waals surface area contributed by atoms with Gasteiger partial charge in [0, 0.05) is 31.0 Å². The topological polar surface area (TPSA) is 70.7 Å². The number of nitrogens with zero attached hydrogens (tertiary/aromatic N) is 1. The maximum atomic E-state index is 13.5. The Balaban J connectivity index is 1.34. The Bertz CT molecular complexity index is 1480. The molecule has 0 unspecified atom stereocenters. The van der Waals surface area contributed by atoms with Gasteiger partial charge in [0.25, 0.3) is 11.8 Å². The van der Waals surface area contributed by atoms with Crippen molar-refractivity contribution in [2.75, 3.05) is 30.4 Å². The zero-order valence-electron chi connectivity index (χ0n) is 23.1. The largest absolute Gasteiger partial charge is 0.496 e. The number of amides is 2. The summed E-state index contributed by atoms with van der Waals surface area (Å²) in [6, 6.07) is 29.1. The maximum Gasteiger partial charge on any atom is 0.259 e. The van der Waals surface area contributed by atoms with Crippen molar-refractivity contribution in [2.45, 2.75) is 25.8 Å². The summed E-state index contributed by atoms with van der Waals surface area (Å²) in [5.74, 6) is 0.149. The van der Waals surface area contributed by atoms with Gasteiger partial charge in [0.2, 0.25) is 0 Å². The van der Waals surface area contributed by atoms with Gasteiger partial charge in [-0.2, -0.15) is 0 Å². The molecule has 6 nitrogen and oxygen atoms in total. The van der Waals surface area contributed by atoms with Crippen molar-refractivity contribution in [1.29, 1.82) is 0 Å². The molecule has 0 saturated carbocycles. The summed E-state index contributed by atoms with van der Waals surface area (Å²) in [7, 11) is 1.52. The number of para-hydroxylation sites is 1. The summed E-state index contributed by atoms with van der Waals surface area (Å²) >= 11 is 0. The number of hydrogen-bond acceptors (Lipinski definition) is 4. The number of anilines is 2. The van der Waals surface area contributed by atoms with Gasteiger partial charge in [0.1, 0.15) is 11.6 Å². The lowest BCUT2D eigenvalue weighted by molar-refractivity contribution is 0.0949. The number of halogens is 1. The van der Waals surface area contributed by atoms with Gasteiger partial charge in [0.15, 0.2) is 0 Å². The normalized spacial score (nSPS) is 13.5. The minimum absolute atomic E-state index is 0.259. The number of nitrogens with one attached hydrogen (secondary N) is 2. The number of carbonyl (C=O) groups is 2. The molecule has 0 radical (unpaired) electrons. The van der Waals surface area contributed by atoms with Crippen molar-refractivity contribution in [3.8, 4) is 5.75 Å². The number of carbonyl (C=O) groups excluding carboxylic acids is 2. The van der Waals surface area contributed by atoms with Gasteiger partial charge in [0.05, 0.1) is 18.2 Å². The molecular weight excluding hydrogens is 517 g/mol. The molecule has 1 heterocycles. The van der Waals surface area contributed by atoms with Crippen LogP contribution >= 0.6 is 0 Å². The van der Waals surface area contributed by atoms with Crippen LogP contribution in [0.25, 0.3) is 0 Å². The Morgan fingerprint density at radius 1 is 0.829 bits per heavy atom. The van der Waals surface area contributed by atoms with Crippen molar-refractivity contribution >= 4 is 23.2 Å². The van der Waals surface area contributed by atoms with E-state index in [0.29, 0.717) is 28.5 Å². The van der Waals surface area contributed by atoms with E-state index >= 15 is 0 Å². The first-order chi connectivity index (χ1) is 20.0. The Morgan fingerprint density at radius 2 is 1.54 bits per heavy atom. The number of hydrogen-bond donors (Lipinski definition) is 2.